The van der Waals surface area contributed by atoms with Gasteiger partial charge in [0.15, 0.2) is 0 Å². The first kappa shape index (κ1) is 28.6. The number of ether oxygens (including phenoxy) is 1. The molecule has 2 heterocycles. The van der Waals surface area contributed by atoms with Gasteiger partial charge in [-0.1, -0.05) is 12.6 Å². The van der Waals surface area contributed by atoms with Gasteiger partial charge in [-0.2, -0.15) is 23.1 Å². The number of methoxy groups -OCH3 is 1. The number of nitrogens with zero attached hydrogens (tertiary/aromatic N) is 3. The zero-order valence-corrected chi connectivity index (χ0v) is 22.0. The van der Waals surface area contributed by atoms with Crippen LogP contribution in [0.15, 0.2) is 49.2 Å². The van der Waals surface area contributed by atoms with Crippen molar-refractivity contribution in [2.75, 3.05) is 28.4 Å². The number of rotatable bonds is 9. The first-order valence-electron chi connectivity index (χ1n) is 12.6. The SMILES string of the molecule is C=CC(=O)Nc1cc(C)ccc1Nc1nc(Nc2cc(N[C@H]3CC[C@@H](O)CC3)nc(OC)c2)ncc1C(F)(F)F. The smallest absolute Gasteiger partial charge is 0.421 e. The highest BCUT2D eigenvalue weighted by molar-refractivity contribution is 6.01. The summed E-state index contributed by atoms with van der Waals surface area (Å²) in [7, 11) is 1.45. The number of benzene rings is 1. The van der Waals surface area contributed by atoms with Crippen LogP contribution in [-0.4, -0.2) is 45.2 Å². The number of aryl methyl sites for hydroxylation is 1. The van der Waals surface area contributed by atoms with Crippen molar-refractivity contribution in [3.05, 3.63) is 60.3 Å². The van der Waals surface area contributed by atoms with Gasteiger partial charge in [0.25, 0.3) is 0 Å². The van der Waals surface area contributed by atoms with Crippen LogP contribution in [-0.2, 0) is 11.0 Å². The molecular weight excluding hydrogens is 527 g/mol. The zero-order valence-electron chi connectivity index (χ0n) is 22.0. The number of amides is 1. The molecule has 1 aliphatic carbocycles. The molecule has 0 atom stereocenters. The Kier molecular flexibility index (Phi) is 8.73. The highest BCUT2D eigenvalue weighted by atomic mass is 19.4. The molecule has 1 saturated carbocycles. The molecule has 3 aromatic rings. The van der Waals surface area contributed by atoms with Crippen molar-refractivity contribution in [3.8, 4) is 5.88 Å². The Morgan fingerprint density at radius 3 is 2.52 bits per heavy atom. The van der Waals surface area contributed by atoms with E-state index in [0.29, 0.717) is 30.5 Å². The van der Waals surface area contributed by atoms with E-state index in [4.69, 9.17) is 4.74 Å². The highest BCUT2D eigenvalue weighted by Crippen LogP contribution is 2.37. The van der Waals surface area contributed by atoms with Gasteiger partial charge >= 0.3 is 6.18 Å². The number of alkyl halides is 3. The lowest BCUT2D eigenvalue weighted by atomic mass is 9.93. The van der Waals surface area contributed by atoms with Crippen LogP contribution >= 0.6 is 0 Å². The monoisotopic (exact) mass is 557 g/mol. The maximum Gasteiger partial charge on any atom is 0.421 e. The number of halogens is 3. The van der Waals surface area contributed by atoms with E-state index in [2.05, 4.69) is 42.8 Å². The maximum atomic E-state index is 13.9. The Hall–Kier alpha value is -4.39. The minimum absolute atomic E-state index is 0.110. The molecule has 1 aromatic carbocycles. The second kappa shape index (κ2) is 12.2. The number of hydrogen-bond donors (Lipinski definition) is 5. The van der Waals surface area contributed by atoms with E-state index >= 15 is 0 Å². The topological polar surface area (TPSA) is 133 Å². The Balaban J connectivity index is 1.63. The van der Waals surface area contributed by atoms with Crippen LogP contribution in [0, 0.1) is 6.92 Å². The van der Waals surface area contributed by atoms with E-state index in [0.717, 1.165) is 24.5 Å². The Morgan fingerprint density at radius 1 is 1.10 bits per heavy atom. The van der Waals surface area contributed by atoms with Crippen LogP contribution in [0.5, 0.6) is 5.88 Å². The summed E-state index contributed by atoms with van der Waals surface area (Å²) in [6.07, 6.45) is -0.405. The van der Waals surface area contributed by atoms with E-state index in [1.165, 1.54) is 7.11 Å². The third-order valence-corrected chi connectivity index (χ3v) is 6.28. The van der Waals surface area contributed by atoms with Crippen LogP contribution in [0.2, 0.25) is 0 Å². The summed E-state index contributed by atoms with van der Waals surface area (Å²) in [5, 5.41) is 21.3. The summed E-state index contributed by atoms with van der Waals surface area (Å²) in [6.45, 7) is 5.19. The molecule has 0 aliphatic heterocycles. The molecule has 1 aliphatic rings. The number of aliphatic hydroxyl groups is 1. The predicted molar refractivity (Wildman–Crippen MR) is 146 cm³/mol. The third kappa shape index (κ3) is 7.38. The van der Waals surface area contributed by atoms with Crippen molar-refractivity contribution in [3.63, 3.8) is 0 Å². The predicted octanol–water partition coefficient (Wildman–Crippen LogP) is 5.53. The molecule has 13 heteroatoms. The van der Waals surface area contributed by atoms with Crippen LogP contribution in [0.1, 0.15) is 36.8 Å². The number of pyridine rings is 1. The second-order valence-corrected chi connectivity index (χ2v) is 9.38. The fourth-order valence-corrected chi connectivity index (χ4v) is 4.24. The van der Waals surface area contributed by atoms with E-state index < -0.39 is 23.5 Å². The van der Waals surface area contributed by atoms with Crippen molar-refractivity contribution in [1.82, 2.24) is 15.0 Å². The van der Waals surface area contributed by atoms with Crippen molar-refractivity contribution < 1.29 is 27.8 Å². The number of hydrogen-bond acceptors (Lipinski definition) is 9. The van der Waals surface area contributed by atoms with E-state index in [9.17, 15) is 23.1 Å². The number of aromatic nitrogens is 3. The van der Waals surface area contributed by atoms with Crippen molar-refractivity contribution >= 4 is 40.6 Å². The van der Waals surface area contributed by atoms with Crippen LogP contribution in [0.4, 0.5) is 47.8 Å². The molecule has 4 rings (SSSR count). The van der Waals surface area contributed by atoms with Gasteiger partial charge in [-0.25, -0.2) is 4.98 Å². The van der Waals surface area contributed by atoms with E-state index in [1.807, 2.05) is 0 Å². The normalized spacial score (nSPS) is 17.1. The molecule has 1 fully saturated rings. The molecule has 10 nitrogen and oxygen atoms in total. The summed E-state index contributed by atoms with van der Waals surface area (Å²) in [4.78, 5) is 24.3. The van der Waals surface area contributed by atoms with Gasteiger partial charge in [0.1, 0.15) is 17.2 Å². The van der Waals surface area contributed by atoms with Gasteiger partial charge in [0.05, 0.1) is 24.6 Å². The van der Waals surface area contributed by atoms with Gasteiger partial charge in [-0.15, -0.1) is 0 Å². The number of nitrogens with one attached hydrogen (secondary N) is 4. The van der Waals surface area contributed by atoms with Crippen LogP contribution in [0.25, 0.3) is 0 Å². The fourth-order valence-electron chi connectivity index (χ4n) is 4.24. The number of anilines is 6. The Morgan fingerprint density at radius 2 is 1.85 bits per heavy atom. The van der Waals surface area contributed by atoms with Gasteiger partial charge in [-0.05, 0) is 56.4 Å². The summed E-state index contributed by atoms with van der Waals surface area (Å²) >= 11 is 0. The molecule has 212 valence electrons. The second-order valence-electron chi connectivity index (χ2n) is 9.38. The van der Waals surface area contributed by atoms with E-state index in [1.54, 1.807) is 37.3 Å². The van der Waals surface area contributed by atoms with Crippen molar-refractivity contribution in [2.45, 2.75) is 50.9 Å². The van der Waals surface area contributed by atoms with E-state index in [-0.39, 0.29) is 35.3 Å². The van der Waals surface area contributed by atoms with Crippen molar-refractivity contribution in [1.29, 1.82) is 0 Å². The number of carbonyl (C=O) groups is 1. The Labute approximate surface area is 229 Å². The molecule has 0 bridgehead atoms. The average Bonchev–Trinajstić information content (AvgIpc) is 2.90. The molecule has 0 spiro atoms. The first-order chi connectivity index (χ1) is 19.0. The molecule has 0 unspecified atom stereocenters. The lowest BCUT2D eigenvalue weighted by Crippen LogP contribution is -2.28. The fraction of sp³-hybridized carbons (Fsp3) is 0.333. The summed E-state index contributed by atoms with van der Waals surface area (Å²) < 4.78 is 46.9. The molecule has 2 aromatic heterocycles. The largest absolute Gasteiger partial charge is 0.481 e. The standard InChI is InChI=1S/C27H30F3N7O3/c1-4-23(39)34-21-11-15(2)5-10-20(21)35-25-19(27(28,29)30)14-31-26(37-25)33-17-12-22(36-24(13-17)40-3)32-16-6-8-18(38)9-7-16/h4-5,10-14,16,18,38H,1,6-9H2,2-3H3,(H,34,39)(H3,31,32,33,35,36,37)/t16-,18+. The lowest BCUT2D eigenvalue weighted by molar-refractivity contribution is -0.137. The van der Waals surface area contributed by atoms with Crippen LogP contribution < -0.4 is 26.0 Å². The van der Waals surface area contributed by atoms with Gasteiger partial charge in [-0.3, -0.25) is 4.79 Å². The lowest BCUT2D eigenvalue weighted by Gasteiger charge is -2.26. The number of carbonyl (C=O) groups excluding carboxylic acids is 1. The Bertz CT molecular complexity index is 1380. The van der Waals surface area contributed by atoms with Gasteiger partial charge in [0.2, 0.25) is 17.7 Å². The zero-order chi connectivity index (χ0) is 28.9. The minimum Gasteiger partial charge on any atom is -0.481 e. The summed E-state index contributed by atoms with van der Waals surface area (Å²) in [5.41, 5.74) is 0.590. The van der Waals surface area contributed by atoms with Crippen LogP contribution in [0.3, 0.4) is 0 Å². The van der Waals surface area contributed by atoms with Crippen molar-refractivity contribution in [2.24, 2.45) is 0 Å². The highest BCUT2D eigenvalue weighted by Gasteiger charge is 2.35. The summed E-state index contributed by atoms with van der Waals surface area (Å²) in [6, 6.07) is 8.18. The maximum absolute atomic E-state index is 13.9. The minimum atomic E-state index is -4.75. The number of aliphatic hydroxyl groups excluding tert-OH is 1. The molecule has 0 saturated heterocycles. The molecule has 5 N–H and O–H groups in total. The molecule has 0 radical (unpaired) electrons. The van der Waals surface area contributed by atoms with Gasteiger partial charge in [0, 0.05) is 30.1 Å². The van der Waals surface area contributed by atoms with Gasteiger partial charge < -0.3 is 31.1 Å². The average molecular weight is 558 g/mol. The molecule has 40 heavy (non-hydrogen) atoms. The first-order valence-corrected chi connectivity index (χ1v) is 12.6. The third-order valence-electron chi connectivity index (χ3n) is 6.28. The summed E-state index contributed by atoms with van der Waals surface area (Å²) in [5.74, 6) is -0.371. The molecule has 1 amide bonds. The molecular formula is C27H30F3N7O3. The quantitative estimate of drug-likeness (QED) is 0.215.